The molecule has 0 saturated carbocycles. The summed E-state index contributed by atoms with van der Waals surface area (Å²) in [5, 5.41) is 8.88. The lowest BCUT2D eigenvalue weighted by molar-refractivity contribution is 0.0696. The predicted octanol–water partition coefficient (Wildman–Crippen LogP) is 4.81. The number of ether oxygens (including phenoxy) is 1. The maximum Gasteiger partial charge on any atom is 0.337 e. The van der Waals surface area contributed by atoms with Crippen LogP contribution in [0.2, 0.25) is 0 Å². The van der Waals surface area contributed by atoms with Gasteiger partial charge >= 0.3 is 5.97 Å². The van der Waals surface area contributed by atoms with E-state index in [0.29, 0.717) is 11.4 Å². The SMILES string of the molecule is O=C(O)c1ccc(/C=C/c2ccccc2OCc2cc(F)ccc2F)nc1. The van der Waals surface area contributed by atoms with E-state index in [4.69, 9.17) is 9.84 Å². The van der Waals surface area contributed by atoms with Gasteiger partial charge in [0.1, 0.15) is 24.0 Å². The summed E-state index contributed by atoms with van der Waals surface area (Å²) in [6.45, 7) is -0.111. The Labute approximate surface area is 154 Å². The van der Waals surface area contributed by atoms with Crippen molar-refractivity contribution in [2.45, 2.75) is 6.61 Å². The standard InChI is InChI=1S/C21H15F2NO3/c22-17-7-10-19(23)16(11-17)13-27-20-4-2-1-3-14(20)5-8-18-9-6-15(12-24-18)21(25)26/h1-12H,13H2,(H,25,26)/b8-5+. The van der Waals surface area contributed by atoms with Crippen molar-refractivity contribution < 1.29 is 23.4 Å². The summed E-state index contributed by atoms with van der Waals surface area (Å²) in [4.78, 5) is 14.9. The number of carboxylic acids is 1. The number of hydrogen-bond donors (Lipinski definition) is 1. The van der Waals surface area contributed by atoms with Crippen molar-refractivity contribution in [3.63, 3.8) is 0 Å². The van der Waals surface area contributed by atoms with E-state index >= 15 is 0 Å². The van der Waals surface area contributed by atoms with Gasteiger partial charge in [0.25, 0.3) is 0 Å². The summed E-state index contributed by atoms with van der Waals surface area (Å²) in [5.41, 5.74) is 1.53. The average molecular weight is 367 g/mol. The van der Waals surface area contributed by atoms with E-state index in [1.54, 1.807) is 36.4 Å². The van der Waals surface area contributed by atoms with Crippen molar-refractivity contribution in [1.82, 2.24) is 4.98 Å². The van der Waals surface area contributed by atoms with Crippen LogP contribution in [0.3, 0.4) is 0 Å². The molecule has 0 amide bonds. The van der Waals surface area contributed by atoms with Crippen LogP contribution in [0.4, 0.5) is 8.78 Å². The van der Waals surface area contributed by atoms with Gasteiger partial charge in [0.05, 0.1) is 11.3 Å². The summed E-state index contributed by atoms with van der Waals surface area (Å²) in [7, 11) is 0. The molecule has 1 aromatic heterocycles. The third kappa shape index (κ3) is 4.76. The molecule has 0 aliphatic carbocycles. The van der Waals surface area contributed by atoms with E-state index in [0.717, 1.165) is 23.8 Å². The summed E-state index contributed by atoms with van der Waals surface area (Å²) < 4.78 is 32.6. The number of carbonyl (C=O) groups is 1. The molecule has 6 heteroatoms. The first-order chi connectivity index (χ1) is 13.0. The molecular weight excluding hydrogens is 352 g/mol. The number of para-hydroxylation sites is 1. The number of benzene rings is 2. The number of nitrogens with zero attached hydrogens (tertiary/aromatic N) is 1. The second-order valence-corrected chi connectivity index (χ2v) is 5.67. The topological polar surface area (TPSA) is 59.4 Å². The molecule has 0 bridgehead atoms. The first-order valence-corrected chi connectivity index (χ1v) is 8.06. The number of hydrogen-bond acceptors (Lipinski definition) is 3. The first-order valence-electron chi connectivity index (χ1n) is 8.06. The van der Waals surface area contributed by atoms with E-state index in [1.807, 2.05) is 6.07 Å². The molecule has 2 aromatic carbocycles. The second-order valence-electron chi connectivity index (χ2n) is 5.67. The van der Waals surface area contributed by atoms with Crippen LogP contribution in [0.25, 0.3) is 12.2 Å². The van der Waals surface area contributed by atoms with Crippen LogP contribution in [-0.2, 0) is 6.61 Å². The van der Waals surface area contributed by atoms with Gasteiger partial charge in [-0.25, -0.2) is 13.6 Å². The zero-order valence-electron chi connectivity index (χ0n) is 14.1. The molecule has 3 rings (SSSR count). The number of aromatic nitrogens is 1. The van der Waals surface area contributed by atoms with Crippen LogP contribution in [0.15, 0.2) is 60.8 Å². The molecule has 3 aromatic rings. The molecule has 0 spiro atoms. The second kappa shape index (κ2) is 8.23. The quantitative estimate of drug-likeness (QED) is 0.679. The van der Waals surface area contributed by atoms with E-state index in [2.05, 4.69) is 4.98 Å². The fourth-order valence-electron chi connectivity index (χ4n) is 2.36. The normalized spacial score (nSPS) is 10.9. The average Bonchev–Trinajstić information content (AvgIpc) is 2.68. The van der Waals surface area contributed by atoms with Crippen molar-refractivity contribution in [1.29, 1.82) is 0 Å². The van der Waals surface area contributed by atoms with E-state index in [1.165, 1.54) is 12.3 Å². The van der Waals surface area contributed by atoms with Crippen molar-refractivity contribution in [3.05, 3.63) is 94.8 Å². The Bertz CT molecular complexity index is 985. The monoisotopic (exact) mass is 367 g/mol. The molecule has 0 saturated heterocycles. The highest BCUT2D eigenvalue weighted by Gasteiger charge is 2.07. The van der Waals surface area contributed by atoms with Gasteiger partial charge in [-0.2, -0.15) is 0 Å². The number of aromatic carboxylic acids is 1. The summed E-state index contributed by atoms with van der Waals surface area (Å²) in [5.74, 6) is -1.60. The molecule has 1 N–H and O–H groups in total. The molecule has 0 unspecified atom stereocenters. The maximum absolute atomic E-state index is 13.7. The van der Waals surface area contributed by atoms with Gasteiger partial charge < -0.3 is 9.84 Å². The van der Waals surface area contributed by atoms with E-state index in [-0.39, 0.29) is 17.7 Å². The zero-order valence-corrected chi connectivity index (χ0v) is 14.1. The highest BCUT2D eigenvalue weighted by atomic mass is 19.1. The van der Waals surface area contributed by atoms with Crippen molar-refractivity contribution in [2.24, 2.45) is 0 Å². The molecule has 0 fully saturated rings. The largest absolute Gasteiger partial charge is 0.488 e. The molecule has 4 nitrogen and oxygen atoms in total. The third-order valence-electron chi connectivity index (χ3n) is 3.78. The lowest BCUT2D eigenvalue weighted by Gasteiger charge is -2.10. The lowest BCUT2D eigenvalue weighted by Crippen LogP contribution is -2.00. The van der Waals surface area contributed by atoms with Gasteiger partial charge in [0, 0.05) is 17.3 Å². The van der Waals surface area contributed by atoms with Gasteiger partial charge in [-0.3, -0.25) is 4.98 Å². The molecule has 27 heavy (non-hydrogen) atoms. The van der Waals surface area contributed by atoms with Crippen molar-refractivity contribution in [3.8, 4) is 5.75 Å². The Morgan fingerprint density at radius 3 is 2.63 bits per heavy atom. The number of rotatable bonds is 6. The fourth-order valence-corrected chi connectivity index (χ4v) is 2.36. The smallest absolute Gasteiger partial charge is 0.337 e. The molecule has 1 heterocycles. The Kier molecular flexibility index (Phi) is 5.56. The first kappa shape index (κ1) is 18.3. The molecule has 0 radical (unpaired) electrons. The van der Waals surface area contributed by atoms with E-state index in [9.17, 15) is 13.6 Å². The molecule has 0 atom stereocenters. The summed E-state index contributed by atoms with van der Waals surface area (Å²) in [6.07, 6.45) is 4.73. The van der Waals surface area contributed by atoms with Crippen molar-refractivity contribution >= 4 is 18.1 Å². The van der Waals surface area contributed by atoms with Gasteiger partial charge in [-0.05, 0) is 48.6 Å². The van der Waals surface area contributed by atoms with E-state index < -0.39 is 17.6 Å². The zero-order chi connectivity index (χ0) is 19.2. The van der Waals surface area contributed by atoms with Crippen molar-refractivity contribution in [2.75, 3.05) is 0 Å². The summed E-state index contributed by atoms with van der Waals surface area (Å²) >= 11 is 0. The number of carboxylic acid groups (broad SMARTS) is 1. The van der Waals surface area contributed by atoms with Gasteiger partial charge in [0.2, 0.25) is 0 Å². The van der Waals surface area contributed by atoms with Crippen LogP contribution in [0.1, 0.15) is 27.2 Å². The third-order valence-corrected chi connectivity index (χ3v) is 3.78. The van der Waals surface area contributed by atoms with Gasteiger partial charge in [-0.1, -0.05) is 18.2 Å². The Balaban J connectivity index is 1.75. The minimum absolute atomic E-state index is 0.105. The Morgan fingerprint density at radius 2 is 1.89 bits per heavy atom. The van der Waals surface area contributed by atoms with Crippen LogP contribution < -0.4 is 4.74 Å². The molecule has 0 aliphatic heterocycles. The minimum atomic E-state index is -1.04. The molecular formula is C21H15F2NO3. The molecule has 0 aliphatic rings. The number of pyridine rings is 1. The minimum Gasteiger partial charge on any atom is -0.488 e. The van der Waals surface area contributed by atoms with Gasteiger partial charge in [-0.15, -0.1) is 0 Å². The van der Waals surface area contributed by atoms with Gasteiger partial charge in [0.15, 0.2) is 0 Å². The highest BCUT2D eigenvalue weighted by molar-refractivity contribution is 5.87. The lowest BCUT2D eigenvalue weighted by atomic mass is 10.1. The predicted molar refractivity (Wildman–Crippen MR) is 97.3 cm³/mol. The maximum atomic E-state index is 13.7. The molecule has 136 valence electrons. The Morgan fingerprint density at radius 1 is 1.07 bits per heavy atom. The Hall–Kier alpha value is -3.54. The van der Waals surface area contributed by atoms with Crippen LogP contribution in [0, 0.1) is 11.6 Å². The van der Waals surface area contributed by atoms with Crippen LogP contribution >= 0.6 is 0 Å². The fraction of sp³-hybridized carbons (Fsp3) is 0.0476. The highest BCUT2D eigenvalue weighted by Crippen LogP contribution is 2.22. The van der Waals surface area contributed by atoms with Crippen LogP contribution in [0.5, 0.6) is 5.75 Å². The summed E-state index contributed by atoms with van der Waals surface area (Å²) in [6, 6.07) is 13.4. The van der Waals surface area contributed by atoms with Crippen LogP contribution in [-0.4, -0.2) is 16.1 Å². The number of halogens is 2.